The van der Waals surface area contributed by atoms with Gasteiger partial charge in [0.05, 0.1) is 6.10 Å². The molecule has 1 unspecified atom stereocenters. The predicted octanol–water partition coefficient (Wildman–Crippen LogP) is 8.81. The maximum Gasteiger partial charge on any atom is 0.227 e. The monoisotopic (exact) mass is 597 g/mol. The molecule has 0 N–H and O–H groups in total. The Labute approximate surface area is 239 Å². The minimum absolute atomic E-state index is 0.0614. The number of fused-ring (bicyclic) bond motifs is 2. The SMILES string of the molecule is CN(C)c1ccc2c(c1)[Si]1(OC2c2ccccc2)C([Si](C)(C)C)([Si](C)(C)C)CCC1([Si](C)(C)C)[Si](C)(C)C. The number of hydrogen-bond acceptors (Lipinski definition) is 2. The molecule has 38 heavy (non-hydrogen) atoms. The van der Waals surface area contributed by atoms with Gasteiger partial charge in [0, 0.05) is 52.1 Å². The van der Waals surface area contributed by atoms with Crippen molar-refractivity contribution in [3.8, 4) is 0 Å². The summed E-state index contributed by atoms with van der Waals surface area (Å²) in [6.07, 6.45) is 2.85. The smallest absolute Gasteiger partial charge is 0.227 e. The second-order valence-corrected chi connectivity index (χ2v) is 44.8. The molecule has 1 saturated heterocycles. The number of benzene rings is 2. The van der Waals surface area contributed by atoms with Gasteiger partial charge in [-0.2, -0.15) is 0 Å². The number of rotatable bonds is 6. The van der Waals surface area contributed by atoms with Crippen LogP contribution in [0, 0.1) is 0 Å². The first kappa shape index (κ1) is 30.2. The highest BCUT2D eigenvalue weighted by molar-refractivity contribution is 7.29. The van der Waals surface area contributed by atoms with Crippen molar-refractivity contribution < 1.29 is 4.43 Å². The summed E-state index contributed by atoms with van der Waals surface area (Å²) in [5, 5.41) is 1.70. The Morgan fingerprint density at radius 1 is 0.684 bits per heavy atom. The lowest BCUT2D eigenvalue weighted by atomic mass is 10.0. The molecule has 0 aromatic heterocycles. The summed E-state index contributed by atoms with van der Waals surface area (Å²) in [4.78, 5) is 2.32. The van der Waals surface area contributed by atoms with Crippen molar-refractivity contribution in [3.05, 3.63) is 59.7 Å². The van der Waals surface area contributed by atoms with Gasteiger partial charge in [-0.15, -0.1) is 0 Å². The molecule has 0 aliphatic carbocycles. The first-order chi connectivity index (χ1) is 17.2. The molecule has 2 aliphatic heterocycles. The molecule has 1 fully saturated rings. The Bertz CT molecular complexity index is 1110. The molecule has 1 spiro atoms. The summed E-state index contributed by atoms with van der Waals surface area (Å²) in [5.41, 5.74) is 4.19. The summed E-state index contributed by atoms with van der Waals surface area (Å²) in [6, 6.07) is 18.7. The van der Waals surface area contributed by atoms with Gasteiger partial charge in [-0.25, -0.2) is 0 Å². The lowest BCUT2D eigenvalue weighted by Gasteiger charge is -2.65. The first-order valence-corrected chi connectivity index (χ1v) is 30.6. The van der Waals surface area contributed by atoms with Gasteiger partial charge in [0.25, 0.3) is 0 Å². The average molecular weight is 598 g/mol. The van der Waals surface area contributed by atoms with Crippen LogP contribution in [0.3, 0.4) is 0 Å². The molecule has 7 heteroatoms. The minimum Gasteiger partial charge on any atom is -0.401 e. The fraction of sp³-hybridized carbons (Fsp3) is 0.613. The van der Waals surface area contributed by atoms with Crippen molar-refractivity contribution in [1.82, 2.24) is 0 Å². The van der Waals surface area contributed by atoms with Crippen LogP contribution in [0.2, 0.25) is 87.1 Å². The molecule has 210 valence electrons. The third-order valence-electron chi connectivity index (χ3n) is 10.8. The topological polar surface area (TPSA) is 12.5 Å². The Morgan fingerprint density at radius 2 is 1.13 bits per heavy atom. The normalized spacial score (nSPS) is 22.5. The van der Waals surface area contributed by atoms with Crippen LogP contribution in [0.1, 0.15) is 30.1 Å². The van der Waals surface area contributed by atoms with Crippen molar-refractivity contribution in [2.45, 2.75) is 106 Å². The number of hydrogen-bond donors (Lipinski definition) is 0. The van der Waals surface area contributed by atoms with Gasteiger partial charge in [0.15, 0.2) is 0 Å². The molecular weight excluding hydrogens is 543 g/mol. The van der Waals surface area contributed by atoms with Crippen molar-refractivity contribution in [2.24, 2.45) is 0 Å². The van der Waals surface area contributed by atoms with E-state index >= 15 is 0 Å². The molecule has 2 heterocycles. The van der Waals surface area contributed by atoms with Crippen LogP contribution in [-0.2, 0) is 4.43 Å². The van der Waals surface area contributed by atoms with Gasteiger partial charge in [0.2, 0.25) is 8.32 Å². The van der Waals surface area contributed by atoms with Crippen LogP contribution in [0.5, 0.6) is 0 Å². The molecule has 4 rings (SSSR count). The molecule has 0 radical (unpaired) electrons. The summed E-state index contributed by atoms with van der Waals surface area (Å²) >= 11 is 0. The van der Waals surface area contributed by atoms with E-state index in [0.717, 1.165) is 0 Å². The van der Waals surface area contributed by atoms with Gasteiger partial charge in [0.1, 0.15) is 0 Å². The van der Waals surface area contributed by atoms with Crippen molar-refractivity contribution >= 4 is 51.5 Å². The molecule has 2 nitrogen and oxygen atoms in total. The van der Waals surface area contributed by atoms with Gasteiger partial charge < -0.3 is 9.33 Å². The van der Waals surface area contributed by atoms with Crippen molar-refractivity contribution in [3.63, 3.8) is 0 Å². The molecule has 0 amide bonds. The number of nitrogens with zero attached hydrogens (tertiary/aromatic N) is 1. The predicted molar refractivity (Wildman–Crippen MR) is 184 cm³/mol. The molecule has 2 aliphatic rings. The molecule has 0 bridgehead atoms. The quantitative estimate of drug-likeness (QED) is 0.309. The maximum absolute atomic E-state index is 8.30. The van der Waals surface area contributed by atoms with E-state index in [1.807, 2.05) is 0 Å². The summed E-state index contributed by atoms with van der Waals surface area (Å²) < 4.78 is 9.04. The van der Waals surface area contributed by atoms with Gasteiger partial charge >= 0.3 is 0 Å². The van der Waals surface area contributed by atoms with E-state index in [-0.39, 0.29) is 6.10 Å². The lowest BCUT2D eigenvalue weighted by molar-refractivity contribution is 0.246. The largest absolute Gasteiger partial charge is 0.401 e. The minimum atomic E-state index is -2.59. The van der Waals surface area contributed by atoms with Crippen LogP contribution in [0.15, 0.2) is 48.5 Å². The third kappa shape index (κ3) is 3.81. The van der Waals surface area contributed by atoms with Crippen LogP contribution >= 0.6 is 0 Å². The standard InChI is InChI=1S/C31H55NOSi5/c1-32(2)26-20-21-27-28(24-26)38(33-29(27)25-18-16-15-17-19-25)30(34(3,4)5,35(6,7)8)22-23-31(38,36(9,10)11)37(12,13)14/h15-21,24,29H,22-23H2,1-14H3. The van der Waals surface area contributed by atoms with Crippen LogP contribution in [-0.4, -0.2) is 54.7 Å². The molecule has 2 aromatic carbocycles. The zero-order valence-corrected chi connectivity index (χ0v) is 32.0. The Hall–Kier alpha value is -0.716. The van der Waals surface area contributed by atoms with Gasteiger partial charge in [-0.3, -0.25) is 0 Å². The summed E-state index contributed by atoms with van der Waals surface area (Å²) in [6.45, 7) is 32.7. The van der Waals surface area contributed by atoms with E-state index in [1.54, 1.807) is 5.19 Å². The summed E-state index contributed by atoms with van der Waals surface area (Å²) in [7, 11) is -5.00. The Balaban J connectivity index is 2.28. The van der Waals surface area contributed by atoms with E-state index in [1.165, 1.54) is 29.7 Å². The van der Waals surface area contributed by atoms with Gasteiger partial charge in [-0.1, -0.05) is 128 Å². The van der Waals surface area contributed by atoms with Crippen LogP contribution in [0.25, 0.3) is 0 Å². The van der Waals surface area contributed by atoms with E-state index < -0.39 is 40.6 Å². The third-order valence-corrected chi connectivity index (χ3v) is 49.0. The summed E-state index contributed by atoms with van der Waals surface area (Å²) in [5.74, 6) is 0. The van der Waals surface area contributed by atoms with E-state index in [0.29, 0.717) is 8.57 Å². The Morgan fingerprint density at radius 3 is 1.53 bits per heavy atom. The van der Waals surface area contributed by atoms with Crippen molar-refractivity contribution in [1.29, 1.82) is 0 Å². The second kappa shape index (κ2) is 9.14. The highest BCUT2D eigenvalue weighted by Gasteiger charge is 2.84. The maximum atomic E-state index is 8.30. The van der Waals surface area contributed by atoms with Crippen LogP contribution in [0.4, 0.5) is 5.69 Å². The average Bonchev–Trinajstić information content (AvgIpc) is 3.28. The van der Waals surface area contributed by atoms with E-state index in [4.69, 9.17) is 4.43 Å². The molecular formula is C31H55NOSi5. The second-order valence-electron chi connectivity index (χ2n) is 16.6. The highest BCUT2D eigenvalue weighted by Crippen LogP contribution is 2.77. The Kier molecular flexibility index (Phi) is 7.28. The number of anilines is 1. The first-order valence-electron chi connectivity index (χ1n) is 14.7. The molecule has 2 aromatic rings. The lowest BCUT2D eigenvalue weighted by Crippen LogP contribution is -2.80. The van der Waals surface area contributed by atoms with Crippen molar-refractivity contribution in [2.75, 3.05) is 19.0 Å². The van der Waals surface area contributed by atoms with E-state index in [2.05, 4.69) is 146 Å². The van der Waals surface area contributed by atoms with Gasteiger partial charge in [-0.05, 0) is 37.0 Å². The zero-order chi connectivity index (χ0) is 28.7. The fourth-order valence-electron chi connectivity index (χ4n) is 10.1. The zero-order valence-electron chi connectivity index (χ0n) is 27.0. The molecule has 1 atom stereocenters. The fourth-order valence-corrected chi connectivity index (χ4v) is 59.7. The molecule has 0 saturated carbocycles. The highest BCUT2D eigenvalue weighted by atomic mass is 28.5. The van der Waals surface area contributed by atoms with E-state index in [9.17, 15) is 0 Å². The van der Waals surface area contributed by atoms with Crippen LogP contribution < -0.4 is 10.1 Å².